The number of rotatable bonds is 13. The first-order valence-electron chi connectivity index (χ1n) is 17.7. The van der Waals surface area contributed by atoms with Crippen LogP contribution >= 0.6 is 0 Å². The van der Waals surface area contributed by atoms with Crippen LogP contribution in [0.2, 0.25) is 0 Å². The van der Waals surface area contributed by atoms with E-state index in [1.54, 1.807) is 19.9 Å². The number of phenols is 2. The first kappa shape index (κ1) is 41.9. The molecule has 2 aliphatic rings. The second-order valence-electron chi connectivity index (χ2n) is 13.1. The summed E-state index contributed by atoms with van der Waals surface area (Å²) in [5.41, 5.74) is 7.00. The molecular weight excluding hydrogens is 652 g/mol. The molecule has 270 valence electrons. The Morgan fingerprint density at radius 3 is 2.32 bits per heavy atom. The van der Waals surface area contributed by atoms with E-state index in [1.807, 2.05) is 111 Å². The third kappa shape index (κ3) is 11.0. The van der Waals surface area contributed by atoms with Gasteiger partial charge in [-0.25, -0.2) is 0 Å². The molecule has 4 radical (unpaired) electrons. The summed E-state index contributed by atoms with van der Waals surface area (Å²) in [6.45, 7) is 21.0. The molecule has 4 N–H and O–H groups in total. The summed E-state index contributed by atoms with van der Waals surface area (Å²) in [5, 5.41) is 46.7. The quantitative estimate of drug-likeness (QED) is 0.0712. The number of benzene rings is 1. The minimum atomic E-state index is -0.296. The fourth-order valence-electron chi connectivity index (χ4n) is 6.03. The second-order valence-corrected chi connectivity index (χ2v) is 13.1. The number of phenolic OH excluding ortho intramolecular Hbond substituents is 2. The summed E-state index contributed by atoms with van der Waals surface area (Å²) in [7, 11) is 12.7. The van der Waals surface area contributed by atoms with Crippen LogP contribution in [0.15, 0.2) is 173 Å². The largest absolute Gasteiger partial charge is 0.508 e. The molecule has 0 aromatic heterocycles. The molecule has 0 atom stereocenters. The Kier molecular flexibility index (Phi) is 15.7. The van der Waals surface area contributed by atoms with Gasteiger partial charge in [0.15, 0.2) is 0 Å². The average Bonchev–Trinajstić information content (AvgIpc) is 3.35. The zero-order valence-electron chi connectivity index (χ0n) is 31.8. The van der Waals surface area contributed by atoms with E-state index in [2.05, 4.69) is 25.8 Å². The minimum Gasteiger partial charge on any atom is -0.508 e. The fraction of sp³-hybridized carbons (Fsp3) is 0.217. The van der Waals surface area contributed by atoms with E-state index in [4.69, 9.17) is 15.7 Å². The summed E-state index contributed by atoms with van der Waals surface area (Å²) in [4.78, 5) is 1.82. The highest BCUT2D eigenvalue weighted by Gasteiger charge is 2.27. The Labute approximate surface area is 319 Å². The van der Waals surface area contributed by atoms with Gasteiger partial charge in [-0.2, -0.15) is 0 Å². The molecular formula is C46H51B2NO4. The van der Waals surface area contributed by atoms with E-state index in [0.29, 0.717) is 47.2 Å². The zero-order valence-corrected chi connectivity index (χ0v) is 31.8. The number of aromatic hydroxyl groups is 2. The van der Waals surface area contributed by atoms with Crippen LogP contribution in [-0.4, -0.2) is 42.7 Å². The van der Waals surface area contributed by atoms with Gasteiger partial charge in [-0.05, 0) is 94.1 Å². The number of aliphatic hydroxyl groups excluding tert-OH is 2. The Bertz CT molecular complexity index is 1970. The molecule has 3 rings (SSSR count). The summed E-state index contributed by atoms with van der Waals surface area (Å²) in [6, 6.07) is 0. The second kappa shape index (κ2) is 19.9. The molecule has 0 spiro atoms. The SMILES string of the molecule is [B]C(=C)/C(O)=C(CC/C(C)=C(/C=C\C)\C=C/C=C)\C(O)=C(\C)CN(C1=CCC=C(C)C=C1)c1c(C)c(O)c(/C2=C/C=C\C(=C)/C=C\C=C/C2)c([B])c1O. The van der Waals surface area contributed by atoms with Crippen molar-refractivity contribution in [2.45, 2.75) is 60.3 Å². The van der Waals surface area contributed by atoms with Crippen molar-refractivity contribution in [3.63, 3.8) is 0 Å². The molecule has 1 aromatic carbocycles. The number of allylic oxidation sites excluding steroid dienone is 23. The van der Waals surface area contributed by atoms with Gasteiger partial charge in [-0.15, -0.1) is 6.58 Å². The maximum Gasteiger partial charge on any atom is 0.133 e. The number of hydrogen-bond acceptors (Lipinski definition) is 5. The van der Waals surface area contributed by atoms with Gasteiger partial charge in [0, 0.05) is 28.9 Å². The summed E-state index contributed by atoms with van der Waals surface area (Å²) < 4.78 is 0. The van der Waals surface area contributed by atoms with Crippen molar-refractivity contribution in [1.82, 2.24) is 0 Å². The molecule has 0 saturated carbocycles. The van der Waals surface area contributed by atoms with Crippen LogP contribution in [0.1, 0.15) is 64.5 Å². The molecule has 7 heteroatoms. The molecule has 0 amide bonds. The van der Waals surface area contributed by atoms with E-state index in [0.717, 1.165) is 22.3 Å². The van der Waals surface area contributed by atoms with Gasteiger partial charge in [0.05, 0.1) is 5.69 Å². The fourth-order valence-corrected chi connectivity index (χ4v) is 6.03. The highest BCUT2D eigenvalue weighted by molar-refractivity contribution is 6.38. The third-order valence-corrected chi connectivity index (χ3v) is 9.06. The Morgan fingerprint density at radius 1 is 0.925 bits per heavy atom. The highest BCUT2D eigenvalue weighted by Crippen LogP contribution is 2.43. The van der Waals surface area contributed by atoms with Crippen LogP contribution in [-0.2, 0) is 0 Å². The standard InChI is InChI=1S/C46H51B2NO4/c1-9-11-21-36(17-10-2)32(5)26-28-39(45(52)35(8)47)43(50)33(6)29-49(38-24-16-20-31(4)25-27-38)42-34(7)44(51)40(41(48)46(42)53)37-22-14-12-13-18-30(3)19-15-23-37/h9-15,17-21,23-25,27,50-53H,1,3,8,16,22,26,28-29H2,2,4-7H3/b14-12-,17-10-,18-13-,19-15-,21-11-,36-32-,37-23+,43-33+,45-39+. The normalized spacial score (nSPS) is 19.2. The lowest BCUT2D eigenvalue weighted by Crippen LogP contribution is -2.28. The van der Waals surface area contributed by atoms with Crippen molar-refractivity contribution in [3.8, 4) is 11.5 Å². The van der Waals surface area contributed by atoms with E-state index >= 15 is 0 Å². The number of aliphatic hydroxyl groups is 2. The highest BCUT2D eigenvalue weighted by atomic mass is 16.3. The van der Waals surface area contributed by atoms with Crippen LogP contribution in [0.3, 0.4) is 0 Å². The Balaban J connectivity index is 2.22. The molecule has 0 fully saturated rings. The molecule has 5 nitrogen and oxygen atoms in total. The smallest absolute Gasteiger partial charge is 0.133 e. The monoisotopic (exact) mass is 703 g/mol. The van der Waals surface area contributed by atoms with E-state index < -0.39 is 0 Å². The van der Waals surface area contributed by atoms with Crippen molar-refractivity contribution < 1.29 is 20.4 Å². The molecule has 0 bridgehead atoms. The Morgan fingerprint density at radius 2 is 1.64 bits per heavy atom. The van der Waals surface area contributed by atoms with Gasteiger partial charge < -0.3 is 25.3 Å². The first-order chi connectivity index (χ1) is 25.2. The lowest BCUT2D eigenvalue weighted by atomic mass is 9.81. The topological polar surface area (TPSA) is 84.2 Å². The lowest BCUT2D eigenvalue weighted by molar-refractivity contribution is 0.380. The van der Waals surface area contributed by atoms with E-state index in [1.165, 1.54) is 0 Å². The predicted molar refractivity (Wildman–Crippen MR) is 228 cm³/mol. The van der Waals surface area contributed by atoms with E-state index in [9.17, 15) is 20.4 Å². The van der Waals surface area contributed by atoms with Crippen LogP contribution in [0.5, 0.6) is 11.5 Å². The Hall–Kier alpha value is -5.55. The molecule has 0 saturated heterocycles. The summed E-state index contributed by atoms with van der Waals surface area (Å²) in [6.07, 6.45) is 32.4. The van der Waals surface area contributed by atoms with Crippen LogP contribution < -0.4 is 10.4 Å². The van der Waals surface area contributed by atoms with Gasteiger partial charge in [-0.3, -0.25) is 0 Å². The average molecular weight is 704 g/mol. The van der Waals surface area contributed by atoms with Crippen LogP contribution in [0, 0.1) is 6.92 Å². The molecule has 2 aliphatic carbocycles. The predicted octanol–water partition coefficient (Wildman–Crippen LogP) is 10.5. The van der Waals surface area contributed by atoms with Crippen molar-refractivity contribution in [3.05, 3.63) is 184 Å². The maximum atomic E-state index is 11.9. The first-order valence-corrected chi connectivity index (χ1v) is 17.7. The van der Waals surface area contributed by atoms with Crippen LogP contribution in [0.4, 0.5) is 5.69 Å². The molecule has 0 unspecified atom stereocenters. The molecule has 1 aromatic rings. The summed E-state index contributed by atoms with van der Waals surface area (Å²) >= 11 is 0. The lowest BCUT2D eigenvalue weighted by Gasteiger charge is -2.31. The van der Waals surface area contributed by atoms with Gasteiger partial charge in [0.1, 0.15) is 38.7 Å². The maximum absolute atomic E-state index is 11.9. The molecule has 53 heavy (non-hydrogen) atoms. The number of nitrogens with zero attached hydrogens (tertiary/aromatic N) is 1. The van der Waals surface area contributed by atoms with Crippen molar-refractivity contribution in [2.75, 3.05) is 11.4 Å². The van der Waals surface area contributed by atoms with Gasteiger partial charge in [-0.1, -0.05) is 121 Å². The molecule has 0 heterocycles. The summed E-state index contributed by atoms with van der Waals surface area (Å²) in [5.74, 6) is -0.726. The zero-order chi connectivity index (χ0) is 39.2. The third-order valence-electron chi connectivity index (χ3n) is 9.06. The number of anilines is 1. The van der Waals surface area contributed by atoms with E-state index in [-0.39, 0.29) is 58.2 Å². The van der Waals surface area contributed by atoms with Gasteiger partial charge in [0.25, 0.3) is 0 Å². The van der Waals surface area contributed by atoms with Gasteiger partial charge >= 0.3 is 0 Å². The minimum absolute atomic E-state index is 0.0216. The number of hydrogen-bond donors (Lipinski definition) is 4. The van der Waals surface area contributed by atoms with Gasteiger partial charge in [0.2, 0.25) is 0 Å². The van der Waals surface area contributed by atoms with Crippen LogP contribution in [0.25, 0.3) is 5.57 Å². The van der Waals surface area contributed by atoms with Crippen molar-refractivity contribution in [1.29, 1.82) is 0 Å². The molecule has 0 aliphatic heterocycles. The van der Waals surface area contributed by atoms with Crippen molar-refractivity contribution >= 4 is 32.4 Å². The van der Waals surface area contributed by atoms with Crippen molar-refractivity contribution in [2.24, 2.45) is 0 Å².